The highest BCUT2D eigenvalue weighted by Crippen LogP contribution is 2.31. The molecule has 0 saturated heterocycles. The van der Waals surface area contributed by atoms with Crippen molar-refractivity contribution in [2.75, 3.05) is 7.11 Å². The molecule has 0 bridgehead atoms. The summed E-state index contributed by atoms with van der Waals surface area (Å²) in [4.78, 5) is 12.2. The lowest BCUT2D eigenvalue weighted by atomic mass is 10.1. The summed E-state index contributed by atoms with van der Waals surface area (Å²) in [5, 5.41) is 0.924. The SMILES string of the molecule is COC(=O)c1c(C)n(-c2cc(C)ccc2C)c2ccccc12. The van der Waals surface area contributed by atoms with E-state index in [4.69, 9.17) is 4.74 Å². The zero-order valence-electron chi connectivity index (χ0n) is 13.3. The number of aromatic nitrogens is 1. The molecule has 0 unspecified atom stereocenters. The number of rotatable bonds is 2. The summed E-state index contributed by atoms with van der Waals surface area (Å²) >= 11 is 0. The van der Waals surface area contributed by atoms with Crippen LogP contribution in [0.3, 0.4) is 0 Å². The van der Waals surface area contributed by atoms with E-state index in [9.17, 15) is 4.79 Å². The molecule has 0 aliphatic rings. The summed E-state index contributed by atoms with van der Waals surface area (Å²) in [5.74, 6) is -0.294. The number of aryl methyl sites for hydroxylation is 2. The van der Waals surface area contributed by atoms with Crippen molar-refractivity contribution in [2.45, 2.75) is 20.8 Å². The summed E-state index contributed by atoms with van der Waals surface area (Å²) in [5.41, 5.74) is 6.03. The zero-order valence-corrected chi connectivity index (χ0v) is 13.3. The minimum absolute atomic E-state index is 0.294. The molecule has 2 aromatic carbocycles. The van der Waals surface area contributed by atoms with Crippen LogP contribution in [0.2, 0.25) is 0 Å². The lowest BCUT2D eigenvalue weighted by molar-refractivity contribution is 0.0602. The van der Waals surface area contributed by atoms with Gasteiger partial charge in [0.15, 0.2) is 0 Å². The standard InChI is InChI=1S/C19H19NO2/c1-12-9-10-13(2)17(11-12)20-14(3)18(19(21)22-4)15-7-5-6-8-16(15)20/h5-11H,1-4H3. The maximum Gasteiger partial charge on any atom is 0.340 e. The van der Waals surface area contributed by atoms with Crippen LogP contribution in [-0.2, 0) is 4.74 Å². The summed E-state index contributed by atoms with van der Waals surface area (Å²) in [6.45, 7) is 6.13. The van der Waals surface area contributed by atoms with Gasteiger partial charge in [0.25, 0.3) is 0 Å². The highest BCUT2D eigenvalue weighted by molar-refractivity contribution is 6.06. The van der Waals surface area contributed by atoms with Crippen LogP contribution in [0.4, 0.5) is 0 Å². The van der Waals surface area contributed by atoms with Crippen LogP contribution in [0.15, 0.2) is 42.5 Å². The molecule has 22 heavy (non-hydrogen) atoms. The van der Waals surface area contributed by atoms with E-state index >= 15 is 0 Å². The molecule has 0 N–H and O–H groups in total. The Morgan fingerprint density at radius 1 is 1.05 bits per heavy atom. The van der Waals surface area contributed by atoms with Crippen molar-refractivity contribution in [3.63, 3.8) is 0 Å². The summed E-state index contributed by atoms with van der Waals surface area (Å²) in [7, 11) is 1.42. The smallest absolute Gasteiger partial charge is 0.340 e. The first-order valence-electron chi connectivity index (χ1n) is 7.30. The van der Waals surface area contributed by atoms with Crippen molar-refractivity contribution < 1.29 is 9.53 Å². The fourth-order valence-corrected chi connectivity index (χ4v) is 3.00. The zero-order chi connectivity index (χ0) is 15.9. The van der Waals surface area contributed by atoms with E-state index in [1.807, 2.05) is 31.2 Å². The number of esters is 1. The maximum absolute atomic E-state index is 12.2. The number of methoxy groups -OCH3 is 1. The topological polar surface area (TPSA) is 31.2 Å². The van der Waals surface area contributed by atoms with Gasteiger partial charge < -0.3 is 9.30 Å². The first-order chi connectivity index (χ1) is 10.5. The van der Waals surface area contributed by atoms with Crippen molar-refractivity contribution in [2.24, 2.45) is 0 Å². The van der Waals surface area contributed by atoms with Crippen molar-refractivity contribution in [3.05, 3.63) is 64.8 Å². The number of ether oxygens (including phenoxy) is 1. The van der Waals surface area contributed by atoms with Crippen LogP contribution in [0.1, 0.15) is 27.2 Å². The fraction of sp³-hybridized carbons (Fsp3) is 0.211. The van der Waals surface area contributed by atoms with Crippen LogP contribution in [0.25, 0.3) is 16.6 Å². The van der Waals surface area contributed by atoms with E-state index in [1.54, 1.807) is 0 Å². The van der Waals surface area contributed by atoms with E-state index < -0.39 is 0 Å². The molecule has 0 fully saturated rings. The summed E-state index contributed by atoms with van der Waals surface area (Å²) in [6, 6.07) is 14.3. The van der Waals surface area contributed by atoms with E-state index in [-0.39, 0.29) is 5.97 Å². The van der Waals surface area contributed by atoms with E-state index in [1.165, 1.54) is 18.2 Å². The summed E-state index contributed by atoms with van der Waals surface area (Å²) < 4.78 is 7.12. The second-order valence-electron chi connectivity index (χ2n) is 5.59. The molecule has 3 rings (SSSR count). The minimum atomic E-state index is -0.294. The molecule has 0 spiro atoms. The Labute approximate surface area is 130 Å². The van der Waals surface area contributed by atoms with Crippen LogP contribution in [0, 0.1) is 20.8 Å². The summed E-state index contributed by atoms with van der Waals surface area (Å²) in [6.07, 6.45) is 0. The Bertz CT molecular complexity index is 875. The van der Waals surface area contributed by atoms with Crippen molar-refractivity contribution in [3.8, 4) is 5.69 Å². The molecule has 0 atom stereocenters. The maximum atomic E-state index is 12.2. The fourth-order valence-electron chi connectivity index (χ4n) is 3.00. The molecule has 0 aliphatic heterocycles. The average Bonchev–Trinajstić information content (AvgIpc) is 2.81. The quantitative estimate of drug-likeness (QED) is 0.658. The second kappa shape index (κ2) is 5.34. The lowest BCUT2D eigenvalue weighted by Crippen LogP contribution is -2.05. The van der Waals surface area contributed by atoms with Gasteiger partial charge in [-0.3, -0.25) is 0 Å². The number of nitrogens with zero attached hydrogens (tertiary/aromatic N) is 1. The predicted octanol–water partition coefficient (Wildman–Crippen LogP) is 4.34. The van der Waals surface area contributed by atoms with Crippen LogP contribution in [-0.4, -0.2) is 17.6 Å². The molecule has 112 valence electrons. The third kappa shape index (κ3) is 2.10. The van der Waals surface area contributed by atoms with Crippen molar-refractivity contribution in [1.29, 1.82) is 0 Å². The first-order valence-corrected chi connectivity index (χ1v) is 7.30. The molecule has 0 aliphatic carbocycles. The number of fused-ring (bicyclic) bond motifs is 1. The van der Waals surface area contributed by atoms with Gasteiger partial charge in [-0.2, -0.15) is 0 Å². The average molecular weight is 293 g/mol. The molecule has 3 heteroatoms. The van der Waals surface area contributed by atoms with Gasteiger partial charge in [-0.05, 0) is 44.0 Å². The van der Waals surface area contributed by atoms with E-state index in [2.05, 4.69) is 36.6 Å². The van der Waals surface area contributed by atoms with Gasteiger partial charge in [-0.25, -0.2) is 4.79 Å². The van der Waals surface area contributed by atoms with Crippen LogP contribution < -0.4 is 0 Å². The Morgan fingerprint density at radius 3 is 2.50 bits per heavy atom. The molecule has 0 amide bonds. The minimum Gasteiger partial charge on any atom is -0.465 e. The number of hydrogen-bond acceptors (Lipinski definition) is 2. The van der Waals surface area contributed by atoms with Gasteiger partial charge in [-0.15, -0.1) is 0 Å². The first kappa shape index (κ1) is 14.4. The number of hydrogen-bond donors (Lipinski definition) is 0. The molecular weight excluding hydrogens is 274 g/mol. The highest BCUT2D eigenvalue weighted by atomic mass is 16.5. The van der Waals surface area contributed by atoms with E-state index in [0.717, 1.165) is 22.3 Å². The number of carbonyl (C=O) groups is 1. The van der Waals surface area contributed by atoms with Crippen molar-refractivity contribution >= 4 is 16.9 Å². The largest absolute Gasteiger partial charge is 0.465 e. The molecule has 3 nitrogen and oxygen atoms in total. The second-order valence-corrected chi connectivity index (χ2v) is 5.59. The third-order valence-electron chi connectivity index (χ3n) is 4.11. The molecule has 3 aromatic rings. The lowest BCUT2D eigenvalue weighted by Gasteiger charge is -2.13. The molecular formula is C19H19NO2. The van der Waals surface area contributed by atoms with Gasteiger partial charge in [0, 0.05) is 16.8 Å². The Morgan fingerprint density at radius 2 is 1.77 bits per heavy atom. The van der Waals surface area contributed by atoms with Gasteiger partial charge in [0.05, 0.1) is 18.2 Å². The van der Waals surface area contributed by atoms with Crippen LogP contribution in [0.5, 0.6) is 0 Å². The van der Waals surface area contributed by atoms with Crippen LogP contribution >= 0.6 is 0 Å². The highest BCUT2D eigenvalue weighted by Gasteiger charge is 2.21. The van der Waals surface area contributed by atoms with Gasteiger partial charge in [0.1, 0.15) is 0 Å². The molecule has 1 aromatic heterocycles. The Hall–Kier alpha value is -2.55. The number of carbonyl (C=O) groups excluding carboxylic acids is 1. The predicted molar refractivity (Wildman–Crippen MR) is 88.8 cm³/mol. The molecule has 0 saturated carbocycles. The Kier molecular flexibility index (Phi) is 3.49. The molecule has 1 heterocycles. The monoisotopic (exact) mass is 293 g/mol. The normalized spacial score (nSPS) is 10.9. The number of para-hydroxylation sites is 1. The molecule has 0 radical (unpaired) electrons. The third-order valence-corrected chi connectivity index (χ3v) is 4.11. The number of benzene rings is 2. The van der Waals surface area contributed by atoms with Gasteiger partial charge >= 0.3 is 5.97 Å². The Balaban J connectivity index is 2.42. The van der Waals surface area contributed by atoms with Crippen molar-refractivity contribution in [1.82, 2.24) is 4.57 Å². The van der Waals surface area contributed by atoms with Gasteiger partial charge in [-0.1, -0.05) is 30.3 Å². The van der Waals surface area contributed by atoms with Gasteiger partial charge in [0.2, 0.25) is 0 Å². The van der Waals surface area contributed by atoms with E-state index in [0.29, 0.717) is 5.56 Å².